The van der Waals surface area contributed by atoms with Crippen LogP contribution >= 0.6 is 0 Å². The van der Waals surface area contributed by atoms with Gasteiger partial charge in [-0.25, -0.2) is 0 Å². The van der Waals surface area contributed by atoms with Crippen LogP contribution in [0.25, 0.3) is 0 Å². The van der Waals surface area contributed by atoms with Gasteiger partial charge in [0, 0.05) is 18.5 Å². The Bertz CT molecular complexity index is 233. The Morgan fingerprint density at radius 2 is 2.12 bits per heavy atom. The van der Waals surface area contributed by atoms with E-state index in [9.17, 15) is 4.79 Å². The molecule has 0 aromatic carbocycles. The van der Waals surface area contributed by atoms with Crippen molar-refractivity contribution >= 4 is 6.29 Å². The van der Waals surface area contributed by atoms with Gasteiger partial charge in [0.1, 0.15) is 6.29 Å². The van der Waals surface area contributed by atoms with Crippen LogP contribution in [0.4, 0.5) is 0 Å². The van der Waals surface area contributed by atoms with Crippen molar-refractivity contribution in [2.75, 3.05) is 19.6 Å². The van der Waals surface area contributed by atoms with Gasteiger partial charge in [-0.1, -0.05) is 26.2 Å². The first-order chi connectivity index (χ1) is 7.78. The third kappa shape index (κ3) is 2.65. The number of aldehydes is 1. The van der Waals surface area contributed by atoms with Crippen LogP contribution in [-0.2, 0) is 4.79 Å². The van der Waals surface area contributed by atoms with Crippen LogP contribution in [0, 0.1) is 11.3 Å². The van der Waals surface area contributed by atoms with Crippen LogP contribution in [0.1, 0.15) is 51.9 Å². The van der Waals surface area contributed by atoms with Crippen LogP contribution in [0.2, 0.25) is 0 Å². The van der Waals surface area contributed by atoms with Crippen LogP contribution in [-0.4, -0.2) is 30.8 Å². The summed E-state index contributed by atoms with van der Waals surface area (Å²) in [6.45, 7) is 5.77. The van der Waals surface area contributed by atoms with Gasteiger partial charge in [-0.3, -0.25) is 0 Å². The third-order valence-corrected chi connectivity index (χ3v) is 4.45. The summed E-state index contributed by atoms with van der Waals surface area (Å²) in [7, 11) is 0. The fourth-order valence-corrected chi connectivity index (χ4v) is 3.54. The molecule has 92 valence electrons. The lowest BCUT2D eigenvalue weighted by molar-refractivity contribution is -0.116. The van der Waals surface area contributed by atoms with Gasteiger partial charge >= 0.3 is 0 Å². The topological polar surface area (TPSA) is 20.3 Å². The first-order valence-electron chi connectivity index (χ1n) is 6.97. The molecule has 2 rings (SSSR count). The fraction of sp³-hybridized carbons (Fsp3) is 0.929. The van der Waals surface area contributed by atoms with Crippen LogP contribution in [0.3, 0.4) is 0 Å². The van der Waals surface area contributed by atoms with E-state index >= 15 is 0 Å². The predicted octanol–water partition coefficient (Wildman–Crippen LogP) is 2.87. The predicted molar refractivity (Wildman–Crippen MR) is 66.4 cm³/mol. The van der Waals surface area contributed by atoms with E-state index in [1.807, 2.05) is 0 Å². The number of hydrogen-bond acceptors (Lipinski definition) is 2. The van der Waals surface area contributed by atoms with E-state index in [1.54, 1.807) is 0 Å². The Balaban J connectivity index is 1.83. The molecule has 1 aliphatic carbocycles. The highest BCUT2D eigenvalue weighted by atomic mass is 16.1. The number of nitrogens with zero attached hydrogens (tertiary/aromatic N) is 1. The van der Waals surface area contributed by atoms with Crippen molar-refractivity contribution in [2.24, 2.45) is 11.3 Å². The second-order valence-electron chi connectivity index (χ2n) is 5.87. The molecule has 1 unspecified atom stereocenters. The molecule has 1 saturated carbocycles. The molecule has 0 radical (unpaired) electrons. The van der Waals surface area contributed by atoms with E-state index in [4.69, 9.17) is 0 Å². The zero-order valence-corrected chi connectivity index (χ0v) is 10.6. The lowest BCUT2D eigenvalue weighted by Crippen LogP contribution is -2.36. The molecule has 1 saturated heterocycles. The molecule has 0 N–H and O–H groups in total. The van der Waals surface area contributed by atoms with Crippen LogP contribution in [0.15, 0.2) is 0 Å². The number of carbonyl (C=O) groups excluding carboxylic acids is 1. The van der Waals surface area contributed by atoms with E-state index in [0.29, 0.717) is 0 Å². The SMILES string of the molecule is CCCC1CCN(CC2(C=O)CCCC2)C1. The van der Waals surface area contributed by atoms with Gasteiger partial charge in [0.2, 0.25) is 0 Å². The minimum absolute atomic E-state index is 0.0289. The monoisotopic (exact) mass is 223 g/mol. The van der Waals surface area contributed by atoms with Crippen molar-refractivity contribution in [3.8, 4) is 0 Å². The summed E-state index contributed by atoms with van der Waals surface area (Å²) in [6, 6.07) is 0. The Hall–Kier alpha value is -0.370. The van der Waals surface area contributed by atoms with E-state index < -0.39 is 0 Å². The summed E-state index contributed by atoms with van der Waals surface area (Å²) >= 11 is 0. The molecule has 1 heterocycles. The molecule has 0 bridgehead atoms. The summed E-state index contributed by atoms with van der Waals surface area (Å²) in [5.41, 5.74) is 0.0289. The normalized spacial score (nSPS) is 29.7. The molecular formula is C14H25NO. The Labute approximate surface area is 99.4 Å². The summed E-state index contributed by atoms with van der Waals surface area (Å²) in [5, 5.41) is 0. The van der Waals surface area contributed by atoms with Crippen molar-refractivity contribution < 1.29 is 4.79 Å². The number of carbonyl (C=O) groups is 1. The Kier molecular flexibility index (Phi) is 4.01. The number of likely N-dealkylation sites (tertiary alicyclic amines) is 1. The maximum atomic E-state index is 11.3. The maximum absolute atomic E-state index is 11.3. The molecule has 0 amide bonds. The molecule has 1 aliphatic heterocycles. The lowest BCUT2D eigenvalue weighted by Gasteiger charge is -2.28. The molecule has 0 spiro atoms. The largest absolute Gasteiger partial charge is 0.303 e. The maximum Gasteiger partial charge on any atom is 0.127 e. The van der Waals surface area contributed by atoms with E-state index in [0.717, 1.165) is 25.3 Å². The van der Waals surface area contributed by atoms with Gasteiger partial charge in [0.15, 0.2) is 0 Å². The molecular weight excluding hydrogens is 198 g/mol. The first-order valence-corrected chi connectivity index (χ1v) is 6.97. The van der Waals surface area contributed by atoms with Crippen molar-refractivity contribution in [3.63, 3.8) is 0 Å². The van der Waals surface area contributed by atoms with Gasteiger partial charge in [-0.15, -0.1) is 0 Å². The minimum atomic E-state index is 0.0289. The van der Waals surface area contributed by atoms with E-state index in [2.05, 4.69) is 11.8 Å². The molecule has 0 aromatic rings. The standard InChI is InChI=1S/C14H25NO/c1-2-5-13-6-9-15(10-13)11-14(12-16)7-3-4-8-14/h12-13H,2-11H2,1H3. The summed E-state index contributed by atoms with van der Waals surface area (Å²) < 4.78 is 0. The van der Waals surface area contributed by atoms with Crippen molar-refractivity contribution in [2.45, 2.75) is 51.9 Å². The van der Waals surface area contributed by atoms with Crippen LogP contribution < -0.4 is 0 Å². The first kappa shape index (κ1) is 12.1. The average molecular weight is 223 g/mol. The summed E-state index contributed by atoms with van der Waals surface area (Å²) in [6.07, 6.45) is 10.0. The molecule has 2 nitrogen and oxygen atoms in total. The fourth-order valence-electron chi connectivity index (χ4n) is 3.54. The van der Waals surface area contributed by atoms with E-state index in [-0.39, 0.29) is 5.41 Å². The Morgan fingerprint density at radius 3 is 2.75 bits per heavy atom. The molecule has 2 heteroatoms. The number of hydrogen-bond donors (Lipinski definition) is 0. The molecule has 2 fully saturated rings. The molecule has 1 atom stereocenters. The minimum Gasteiger partial charge on any atom is -0.303 e. The average Bonchev–Trinajstić information content (AvgIpc) is 2.90. The van der Waals surface area contributed by atoms with Crippen molar-refractivity contribution in [1.82, 2.24) is 4.90 Å². The quantitative estimate of drug-likeness (QED) is 0.668. The zero-order chi connectivity index (χ0) is 11.4. The van der Waals surface area contributed by atoms with Gasteiger partial charge < -0.3 is 9.69 Å². The second-order valence-corrected chi connectivity index (χ2v) is 5.87. The van der Waals surface area contributed by atoms with E-state index in [1.165, 1.54) is 51.5 Å². The van der Waals surface area contributed by atoms with Gasteiger partial charge in [0.25, 0.3) is 0 Å². The van der Waals surface area contributed by atoms with Crippen molar-refractivity contribution in [3.05, 3.63) is 0 Å². The van der Waals surface area contributed by atoms with Crippen LogP contribution in [0.5, 0.6) is 0 Å². The molecule has 16 heavy (non-hydrogen) atoms. The summed E-state index contributed by atoms with van der Waals surface area (Å²) in [5.74, 6) is 0.898. The van der Waals surface area contributed by atoms with Crippen molar-refractivity contribution in [1.29, 1.82) is 0 Å². The smallest absolute Gasteiger partial charge is 0.127 e. The summed E-state index contributed by atoms with van der Waals surface area (Å²) in [4.78, 5) is 13.8. The molecule has 0 aromatic heterocycles. The van der Waals surface area contributed by atoms with Gasteiger partial charge in [0.05, 0.1) is 0 Å². The van der Waals surface area contributed by atoms with Gasteiger partial charge in [-0.2, -0.15) is 0 Å². The highest BCUT2D eigenvalue weighted by Crippen LogP contribution is 2.38. The Morgan fingerprint density at radius 1 is 1.38 bits per heavy atom. The lowest BCUT2D eigenvalue weighted by atomic mass is 9.87. The zero-order valence-electron chi connectivity index (χ0n) is 10.6. The highest BCUT2D eigenvalue weighted by Gasteiger charge is 2.36. The third-order valence-electron chi connectivity index (χ3n) is 4.45. The second kappa shape index (κ2) is 5.31. The highest BCUT2D eigenvalue weighted by molar-refractivity contribution is 5.60. The molecule has 2 aliphatic rings. The number of rotatable bonds is 5. The van der Waals surface area contributed by atoms with Gasteiger partial charge in [-0.05, 0) is 38.1 Å².